The molecule has 5 rings (SSSR count). The number of carbonyl (C=O) groups is 3. The molecule has 0 saturated carbocycles. The summed E-state index contributed by atoms with van der Waals surface area (Å²) in [4.78, 5) is 35.5. The molecular formula is C24H26F9N7O8S. The number of hydrogen-bond donors (Lipinski definition) is 3. The lowest BCUT2D eigenvalue weighted by atomic mass is 9.77. The van der Waals surface area contributed by atoms with Gasteiger partial charge in [-0.25, -0.2) is 32.8 Å². The van der Waals surface area contributed by atoms with Gasteiger partial charge in [0.05, 0.1) is 24.4 Å². The van der Waals surface area contributed by atoms with Gasteiger partial charge >= 0.3 is 36.4 Å². The first kappa shape index (κ1) is 40.5. The van der Waals surface area contributed by atoms with Crippen molar-refractivity contribution < 1.29 is 77.6 Å². The van der Waals surface area contributed by atoms with Crippen molar-refractivity contribution in [1.29, 1.82) is 0 Å². The lowest BCUT2D eigenvalue weighted by Crippen LogP contribution is -2.44. The molecule has 1 fully saturated rings. The van der Waals surface area contributed by atoms with Crippen molar-refractivity contribution in [3.63, 3.8) is 0 Å². The molecule has 0 atom stereocenters. The molecule has 5 heterocycles. The number of aliphatic carboxylic acids is 3. The van der Waals surface area contributed by atoms with E-state index < -0.39 is 46.5 Å². The molecule has 1 spiro atoms. The molecule has 0 amide bonds. The number of imidazole rings is 2. The van der Waals surface area contributed by atoms with Crippen LogP contribution in [0.5, 0.6) is 0 Å². The summed E-state index contributed by atoms with van der Waals surface area (Å²) in [5.41, 5.74) is 2.10. The zero-order valence-electron chi connectivity index (χ0n) is 25.0. The molecule has 3 aromatic rings. The van der Waals surface area contributed by atoms with Gasteiger partial charge in [-0.3, -0.25) is 4.68 Å². The SMILES string of the molecule is Cn1cnc(S(=O)(=O)N2CCC3(CC2)CCn2c(-c4cnn(C)c4)cnc23)c1.O=C(O)C(F)(F)F.O=C(O)C(F)(F)F.O=C(O)C(F)(F)F. The Bertz CT molecular complexity index is 1680. The third kappa shape index (κ3) is 10.4. The van der Waals surface area contributed by atoms with Crippen molar-refractivity contribution in [3.8, 4) is 11.3 Å². The second-order valence-electron chi connectivity index (χ2n) is 10.2. The molecule has 1 saturated heterocycles. The van der Waals surface area contributed by atoms with Gasteiger partial charge in [-0.2, -0.15) is 48.9 Å². The van der Waals surface area contributed by atoms with Crippen molar-refractivity contribution in [2.24, 2.45) is 14.1 Å². The molecule has 0 aliphatic carbocycles. The van der Waals surface area contributed by atoms with Crippen LogP contribution in [0.4, 0.5) is 39.5 Å². The van der Waals surface area contributed by atoms with Crippen molar-refractivity contribution >= 4 is 27.9 Å². The largest absolute Gasteiger partial charge is 0.490 e. The standard InChI is InChI=1S/C18H23N7O2S.3C2HF3O2/c1-22-12-16(20-13-22)28(26,27)24-6-3-18(4-7-24)5-8-25-15(10-19-17(18)25)14-9-21-23(2)11-14;3*3-2(4,5)1(6)7/h9-13H,3-8H2,1-2H3;3*(H,6,7). The maximum atomic E-state index is 12.9. The van der Waals surface area contributed by atoms with E-state index in [9.17, 15) is 47.9 Å². The van der Waals surface area contributed by atoms with Crippen LogP contribution < -0.4 is 0 Å². The van der Waals surface area contributed by atoms with Gasteiger partial charge in [-0.15, -0.1) is 0 Å². The first-order valence-electron chi connectivity index (χ1n) is 13.2. The monoisotopic (exact) mass is 743 g/mol. The zero-order valence-corrected chi connectivity index (χ0v) is 25.8. The van der Waals surface area contributed by atoms with Crippen LogP contribution in [0.25, 0.3) is 11.3 Å². The van der Waals surface area contributed by atoms with E-state index >= 15 is 0 Å². The van der Waals surface area contributed by atoms with Crippen molar-refractivity contribution in [3.05, 3.63) is 36.9 Å². The maximum Gasteiger partial charge on any atom is 0.490 e. The Labute approximate surface area is 269 Å². The van der Waals surface area contributed by atoms with E-state index in [1.54, 1.807) is 26.8 Å². The van der Waals surface area contributed by atoms with Crippen LogP contribution in [0.2, 0.25) is 0 Å². The molecule has 0 aromatic carbocycles. The minimum atomic E-state index is -5.08. The van der Waals surface area contributed by atoms with Crippen LogP contribution in [0.3, 0.4) is 0 Å². The van der Waals surface area contributed by atoms with Crippen molar-refractivity contribution in [1.82, 2.24) is 33.2 Å². The van der Waals surface area contributed by atoms with Gasteiger partial charge in [-0.05, 0) is 19.3 Å². The van der Waals surface area contributed by atoms with Crippen LogP contribution >= 0.6 is 0 Å². The highest BCUT2D eigenvalue weighted by molar-refractivity contribution is 7.89. The van der Waals surface area contributed by atoms with Gasteiger partial charge in [-0.1, -0.05) is 0 Å². The molecule has 3 N–H and O–H groups in total. The Hall–Kier alpha value is -4.68. The molecule has 3 aromatic heterocycles. The summed E-state index contributed by atoms with van der Waals surface area (Å²) in [6, 6.07) is 0. The Balaban J connectivity index is 0.000000325. The Kier molecular flexibility index (Phi) is 12.3. The van der Waals surface area contributed by atoms with Gasteiger partial charge in [0.1, 0.15) is 5.82 Å². The first-order valence-corrected chi connectivity index (χ1v) is 14.6. The van der Waals surface area contributed by atoms with Crippen LogP contribution in [-0.2, 0) is 50.5 Å². The van der Waals surface area contributed by atoms with E-state index in [0.717, 1.165) is 42.9 Å². The Morgan fingerprint density at radius 3 is 1.57 bits per heavy atom. The molecule has 49 heavy (non-hydrogen) atoms. The van der Waals surface area contributed by atoms with E-state index in [4.69, 9.17) is 34.7 Å². The molecule has 25 heteroatoms. The average Bonchev–Trinajstić information content (AvgIpc) is 3.75. The summed E-state index contributed by atoms with van der Waals surface area (Å²) in [5, 5.41) is 25.8. The number of piperidine rings is 1. The lowest BCUT2D eigenvalue weighted by molar-refractivity contribution is -0.193. The van der Waals surface area contributed by atoms with E-state index in [0.29, 0.717) is 13.1 Å². The van der Waals surface area contributed by atoms with Crippen LogP contribution in [0.15, 0.2) is 36.1 Å². The number of aromatic nitrogens is 6. The van der Waals surface area contributed by atoms with Gasteiger partial charge < -0.3 is 24.5 Å². The normalized spacial score (nSPS) is 15.9. The van der Waals surface area contributed by atoms with E-state index in [2.05, 4.69) is 14.6 Å². The summed E-state index contributed by atoms with van der Waals surface area (Å²) >= 11 is 0. The fourth-order valence-electron chi connectivity index (χ4n) is 4.53. The van der Waals surface area contributed by atoms with Gasteiger partial charge in [0.15, 0.2) is 5.03 Å². The second kappa shape index (κ2) is 14.8. The summed E-state index contributed by atoms with van der Waals surface area (Å²) in [5.74, 6) is -7.19. The highest BCUT2D eigenvalue weighted by Gasteiger charge is 2.46. The minimum Gasteiger partial charge on any atom is -0.475 e. The van der Waals surface area contributed by atoms with Crippen LogP contribution in [-0.4, -0.2) is 106 Å². The molecule has 0 radical (unpaired) electrons. The van der Waals surface area contributed by atoms with E-state index in [-0.39, 0.29) is 10.4 Å². The number of alkyl halides is 9. The molecular weight excluding hydrogens is 717 g/mol. The van der Waals surface area contributed by atoms with Gasteiger partial charge in [0, 0.05) is 57.1 Å². The minimum absolute atomic E-state index is 0.0450. The van der Waals surface area contributed by atoms with Crippen molar-refractivity contribution in [2.45, 2.75) is 54.8 Å². The number of carboxylic acids is 3. The highest BCUT2D eigenvalue weighted by Crippen LogP contribution is 2.45. The average molecular weight is 744 g/mol. The Morgan fingerprint density at radius 1 is 0.755 bits per heavy atom. The zero-order chi connectivity index (χ0) is 37.8. The van der Waals surface area contributed by atoms with Crippen molar-refractivity contribution in [2.75, 3.05) is 13.1 Å². The molecule has 0 unspecified atom stereocenters. The molecule has 15 nitrogen and oxygen atoms in total. The van der Waals surface area contributed by atoms with Gasteiger partial charge in [0.2, 0.25) is 0 Å². The number of rotatable bonds is 3. The molecule has 274 valence electrons. The Morgan fingerprint density at radius 2 is 1.20 bits per heavy atom. The summed E-state index contributed by atoms with van der Waals surface area (Å²) in [7, 11) is 0.143. The fourth-order valence-corrected chi connectivity index (χ4v) is 5.94. The third-order valence-electron chi connectivity index (χ3n) is 6.84. The summed E-state index contributed by atoms with van der Waals surface area (Å²) in [6.45, 7) is 1.90. The predicted molar refractivity (Wildman–Crippen MR) is 143 cm³/mol. The lowest BCUT2D eigenvalue weighted by Gasteiger charge is -2.37. The number of nitrogens with zero attached hydrogens (tertiary/aromatic N) is 7. The number of hydrogen-bond acceptors (Lipinski definition) is 8. The number of fused-ring (bicyclic) bond motifs is 2. The molecule has 2 aliphatic heterocycles. The van der Waals surface area contributed by atoms with Crippen LogP contribution in [0, 0.1) is 0 Å². The van der Waals surface area contributed by atoms with E-state index in [1.165, 1.54) is 6.33 Å². The summed E-state index contributed by atoms with van der Waals surface area (Å²) in [6.07, 6.45) is -3.83. The first-order chi connectivity index (χ1) is 22.2. The van der Waals surface area contributed by atoms with E-state index in [1.807, 2.05) is 25.6 Å². The maximum absolute atomic E-state index is 12.9. The molecule has 2 aliphatic rings. The topological polar surface area (TPSA) is 203 Å². The quantitative estimate of drug-likeness (QED) is 0.333. The number of aryl methyl sites for hydroxylation is 2. The number of carboxylic acid groups (broad SMARTS) is 3. The fraction of sp³-hybridized carbons (Fsp3) is 0.500. The highest BCUT2D eigenvalue weighted by atomic mass is 32.2. The number of halogens is 9. The smallest absolute Gasteiger partial charge is 0.475 e. The van der Waals surface area contributed by atoms with Gasteiger partial charge in [0.25, 0.3) is 10.0 Å². The van der Waals surface area contributed by atoms with Crippen LogP contribution in [0.1, 0.15) is 25.1 Å². The second-order valence-corrected chi connectivity index (χ2v) is 12.1. The molecule has 0 bridgehead atoms. The third-order valence-corrected chi connectivity index (χ3v) is 8.62. The summed E-state index contributed by atoms with van der Waals surface area (Å²) < 4.78 is 128. The predicted octanol–water partition coefficient (Wildman–Crippen LogP) is 3.04. The number of sulfonamides is 1.